The van der Waals surface area contributed by atoms with Gasteiger partial charge in [-0.2, -0.15) is 8.42 Å². The summed E-state index contributed by atoms with van der Waals surface area (Å²) >= 11 is 6.09. The van der Waals surface area contributed by atoms with Crippen LogP contribution in [-0.2, 0) is 14.3 Å². The molecule has 2 rings (SSSR count). The van der Waals surface area contributed by atoms with Crippen LogP contribution < -0.4 is 4.90 Å². The molecule has 25 heavy (non-hydrogen) atoms. The average Bonchev–Trinajstić information content (AvgIpc) is 2.54. The van der Waals surface area contributed by atoms with Crippen LogP contribution in [0.25, 0.3) is 0 Å². The van der Waals surface area contributed by atoms with Gasteiger partial charge in [-0.3, -0.25) is 4.18 Å². The van der Waals surface area contributed by atoms with Crippen molar-refractivity contribution in [2.75, 3.05) is 37.4 Å². The van der Waals surface area contributed by atoms with Crippen molar-refractivity contribution in [2.45, 2.75) is 25.3 Å². The predicted octanol–water partition coefficient (Wildman–Crippen LogP) is 2.66. The van der Waals surface area contributed by atoms with Crippen LogP contribution in [0.4, 0.5) is 10.5 Å². The molecule has 1 amide bonds. The van der Waals surface area contributed by atoms with Gasteiger partial charge in [0.15, 0.2) is 0 Å². The molecule has 0 saturated carbocycles. The maximum Gasteiger partial charge on any atom is 0.407 e. The normalized spacial score (nSPS) is 18.2. The van der Waals surface area contributed by atoms with Crippen molar-refractivity contribution < 1.29 is 22.5 Å². The molecule has 0 bridgehead atoms. The summed E-state index contributed by atoms with van der Waals surface area (Å²) in [5.41, 5.74) is 0.893. The number of rotatable bonds is 7. The maximum atomic E-state index is 11.3. The Balaban J connectivity index is 2.10. The highest BCUT2D eigenvalue weighted by molar-refractivity contribution is 7.85. The number of halogens is 1. The molecule has 140 valence electrons. The predicted molar refractivity (Wildman–Crippen MR) is 96.8 cm³/mol. The molecule has 1 heterocycles. The summed E-state index contributed by atoms with van der Waals surface area (Å²) in [4.78, 5) is 14.8. The molecule has 9 heteroatoms. The van der Waals surface area contributed by atoms with Gasteiger partial charge in [0.2, 0.25) is 0 Å². The Morgan fingerprint density at radius 2 is 2.24 bits per heavy atom. The zero-order valence-electron chi connectivity index (χ0n) is 14.1. The van der Waals surface area contributed by atoms with Crippen molar-refractivity contribution in [1.29, 1.82) is 0 Å². The van der Waals surface area contributed by atoms with E-state index >= 15 is 0 Å². The van der Waals surface area contributed by atoms with Crippen LogP contribution in [0.3, 0.4) is 0 Å². The standard InChI is InChI=1S/C16H23ClN2O5S/c1-25(22,23)24-10-4-9-19(14-6-2-5-13(17)11-14)15-7-3-8-18(12-15)16(20)21/h2,5-6,11,15H,3-4,7-10,12H2,1H3,(H,20,21). The number of anilines is 1. The molecular weight excluding hydrogens is 368 g/mol. The van der Waals surface area contributed by atoms with Crippen LogP contribution in [0.15, 0.2) is 24.3 Å². The zero-order valence-corrected chi connectivity index (χ0v) is 15.7. The fourth-order valence-corrected chi connectivity index (χ4v) is 3.61. The Kier molecular flexibility index (Phi) is 6.92. The topological polar surface area (TPSA) is 87.2 Å². The Morgan fingerprint density at radius 3 is 2.88 bits per heavy atom. The van der Waals surface area contributed by atoms with Gasteiger partial charge in [0.1, 0.15) is 0 Å². The third-order valence-corrected chi connectivity index (χ3v) is 4.92. The van der Waals surface area contributed by atoms with E-state index in [2.05, 4.69) is 4.90 Å². The molecule has 1 aromatic carbocycles. The van der Waals surface area contributed by atoms with Crippen molar-refractivity contribution in [3.63, 3.8) is 0 Å². The van der Waals surface area contributed by atoms with Crippen molar-refractivity contribution in [1.82, 2.24) is 4.90 Å². The smallest absolute Gasteiger partial charge is 0.407 e. The minimum Gasteiger partial charge on any atom is -0.465 e. The number of benzene rings is 1. The molecule has 0 aliphatic carbocycles. The fraction of sp³-hybridized carbons (Fsp3) is 0.562. The van der Waals surface area contributed by atoms with Gasteiger partial charge in [0.05, 0.1) is 12.9 Å². The molecule has 1 fully saturated rings. The molecule has 7 nitrogen and oxygen atoms in total. The molecule has 0 radical (unpaired) electrons. The van der Waals surface area contributed by atoms with E-state index in [0.29, 0.717) is 31.1 Å². The van der Waals surface area contributed by atoms with Crippen molar-refractivity contribution in [3.05, 3.63) is 29.3 Å². The summed E-state index contributed by atoms with van der Waals surface area (Å²) in [6.45, 7) is 1.58. The molecule has 1 aliphatic heterocycles. The lowest BCUT2D eigenvalue weighted by Gasteiger charge is -2.39. The fourth-order valence-electron chi connectivity index (χ4n) is 3.01. The van der Waals surface area contributed by atoms with Gasteiger partial charge in [-0.25, -0.2) is 4.79 Å². The van der Waals surface area contributed by atoms with Crippen LogP contribution in [0.5, 0.6) is 0 Å². The Hall–Kier alpha value is -1.51. The van der Waals surface area contributed by atoms with E-state index in [0.717, 1.165) is 24.8 Å². The first-order valence-electron chi connectivity index (χ1n) is 8.11. The second-order valence-corrected chi connectivity index (χ2v) is 8.16. The Bertz CT molecular complexity index is 698. The summed E-state index contributed by atoms with van der Waals surface area (Å²) in [6.07, 6.45) is 2.25. The summed E-state index contributed by atoms with van der Waals surface area (Å²) in [7, 11) is -3.46. The number of likely N-dealkylation sites (tertiary alicyclic amines) is 1. The summed E-state index contributed by atoms with van der Waals surface area (Å²) < 4.78 is 27.0. The van der Waals surface area contributed by atoms with Crippen LogP contribution >= 0.6 is 11.6 Å². The first-order chi connectivity index (χ1) is 11.8. The summed E-state index contributed by atoms with van der Waals surface area (Å²) in [6, 6.07) is 7.39. The lowest BCUT2D eigenvalue weighted by molar-refractivity contribution is 0.129. The SMILES string of the molecule is CS(=O)(=O)OCCCN(c1cccc(Cl)c1)C1CCCN(C(=O)O)C1. The lowest BCUT2D eigenvalue weighted by Crippen LogP contribution is -2.50. The van der Waals surface area contributed by atoms with Crippen molar-refractivity contribution in [2.24, 2.45) is 0 Å². The van der Waals surface area contributed by atoms with Gasteiger partial charge in [-0.05, 0) is 37.5 Å². The summed E-state index contributed by atoms with van der Waals surface area (Å²) in [5.74, 6) is 0. The number of hydrogen-bond donors (Lipinski definition) is 1. The van der Waals surface area contributed by atoms with E-state index in [1.54, 1.807) is 6.07 Å². The van der Waals surface area contributed by atoms with E-state index < -0.39 is 16.2 Å². The van der Waals surface area contributed by atoms with Gasteiger partial charge in [0.25, 0.3) is 10.1 Å². The molecule has 1 atom stereocenters. The second kappa shape index (κ2) is 8.73. The summed E-state index contributed by atoms with van der Waals surface area (Å²) in [5, 5.41) is 9.85. The Labute approximate surface area is 153 Å². The van der Waals surface area contributed by atoms with Crippen LogP contribution in [0.2, 0.25) is 5.02 Å². The monoisotopic (exact) mass is 390 g/mol. The molecule has 0 aromatic heterocycles. The third kappa shape index (κ3) is 6.37. The van der Waals surface area contributed by atoms with E-state index in [4.69, 9.17) is 15.8 Å². The number of carbonyl (C=O) groups is 1. The first-order valence-corrected chi connectivity index (χ1v) is 10.3. The van der Waals surface area contributed by atoms with Gasteiger partial charge < -0.3 is 14.9 Å². The molecule has 1 unspecified atom stereocenters. The van der Waals surface area contributed by atoms with Gasteiger partial charge in [0, 0.05) is 36.4 Å². The van der Waals surface area contributed by atoms with Crippen molar-refractivity contribution >= 4 is 33.5 Å². The number of nitrogens with zero attached hydrogens (tertiary/aromatic N) is 2. The molecule has 1 N–H and O–H groups in total. The largest absolute Gasteiger partial charge is 0.465 e. The van der Waals surface area contributed by atoms with Crippen LogP contribution in [-0.4, -0.2) is 63.1 Å². The minimum absolute atomic E-state index is 0.0153. The molecule has 1 aromatic rings. The number of piperidine rings is 1. The number of hydrogen-bond acceptors (Lipinski definition) is 5. The van der Waals surface area contributed by atoms with Crippen LogP contribution in [0, 0.1) is 0 Å². The Morgan fingerprint density at radius 1 is 1.48 bits per heavy atom. The van der Waals surface area contributed by atoms with Gasteiger partial charge in [-0.1, -0.05) is 17.7 Å². The lowest BCUT2D eigenvalue weighted by atomic mass is 10.0. The minimum atomic E-state index is -3.46. The van der Waals surface area contributed by atoms with E-state index in [1.165, 1.54) is 4.90 Å². The van der Waals surface area contributed by atoms with E-state index in [1.807, 2.05) is 18.2 Å². The highest BCUT2D eigenvalue weighted by Gasteiger charge is 2.28. The number of carboxylic acid groups (broad SMARTS) is 1. The van der Waals surface area contributed by atoms with Gasteiger partial charge in [-0.15, -0.1) is 0 Å². The highest BCUT2D eigenvalue weighted by atomic mass is 35.5. The third-order valence-electron chi connectivity index (χ3n) is 4.09. The molecule has 1 aliphatic rings. The van der Waals surface area contributed by atoms with Crippen molar-refractivity contribution in [3.8, 4) is 0 Å². The molecular formula is C16H23ClN2O5S. The highest BCUT2D eigenvalue weighted by Crippen LogP contribution is 2.26. The second-order valence-electron chi connectivity index (χ2n) is 6.08. The first kappa shape index (κ1) is 19.8. The van der Waals surface area contributed by atoms with Crippen LogP contribution in [0.1, 0.15) is 19.3 Å². The van der Waals surface area contributed by atoms with E-state index in [-0.39, 0.29) is 12.6 Å². The zero-order chi connectivity index (χ0) is 18.4. The maximum absolute atomic E-state index is 11.3. The van der Waals surface area contributed by atoms with Gasteiger partial charge >= 0.3 is 6.09 Å². The molecule has 0 spiro atoms. The quantitative estimate of drug-likeness (QED) is 0.569. The van der Waals surface area contributed by atoms with E-state index in [9.17, 15) is 18.3 Å². The number of amides is 1. The molecule has 1 saturated heterocycles. The average molecular weight is 391 g/mol.